The molecule has 4 nitrogen and oxygen atoms in total. The number of nitrogens with one attached hydrogen (secondary N) is 1. The molecule has 0 unspecified atom stereocenters. The van der Waals surface area contributed by atoms with Gasteiger partial charge in [-0.2, -0.15) is 0 Å². The van der Waals surface area contributed by atoms with E-state index >= 15 is 0 Å². The Labute approximate surface area is 166 Å². The van der Waals surface area contributed by atoms with Crippen LogP contribution in [0, 0.1) is 0 Å². The number of hydrogen-bond acceptors (Lipinski definition) is 3. The number of alkyl carbamates (subject to hydrolysis) is 1. The van der Waals surface area contributed by atoms with Gasteiger partial charge in [0.15, 0.2) is 0 Å². The van der Waals surface area contributed by atoms with Crippen molar-refractivity contribution in [2.24, 2.45) is 0 Å². The lowest BCUT2D eigenvalue weighted by Crippen LogP contribution is -2.32. The Bertz CT molecular complexity index is 913. The number of carbonyl (C=O) groups excluding carboxylic acids is 1. The molecular weight excluding hydrogens is 350 g/mol. The first kappa shape index (κ1) is 19.5. The molecule has 0 fully saturated rings. The van der Waals surface area contributed by atoms with Crippen molar-refractivity contribution in [1.82, 2.24) is 5.32 Å². The van der Waals surface area contributed by atoms with E-state index in [0.717, 1.165) is 28.2 Å². The zero-order chi connectivity index (χ0) is 20.0. The molecular formula is C24H25NO3. The molecule has 0 atom stereocenters. The number of amides is 1. The van der Waals surface area contributed by atoms with Crippen LogP contribution in [-0.2, 0) is 11.3 Å². The zero-order valence-corrected chi connectivity index (χ0v) is 16.4. The van der Waals surface area contributed by atoms with Gasteiger partial charge < -0.3 is 14.8 Å². The maximum absolute atomic E-state index is 11.8. The average Bonchev–Trinajstić information content (AvgIpc) is 2.67. The first-order chi connectivity index (χ1) is 13.4. The molecule has 1 amide bonds. The van der Waals surface area contributed by atoms with Gasteiger partial charge >= 0.3 is 6.09 Å². The predicted molar refractivity (Wildman–Crippen MR) is 111 cm³/mol. The fraction of sp³-hybridized carbons (Fsp3) is 0.208. The molecule has 28 heavy (non-hydrogen) atoms. The lowest BCUT2D eigenvalue weighted by Gasteiger charge is -2.19. The van der Waals surface area contributed by atoms with Gasteiger partial charge in [0.2, 0.25) is 0 Å². The molecule has 0 bridgehead atoms. The van der Waals surface area contributed by atoms with Crippen LogP contribution in [-0.4, -0.2) is 11.7 Å². The molecule has 0 aliphatic carbocycles. The summed E-state index contributed by atoms with van der Waals surface area (Å²) < 4.78 is 11.3. The van der Waals surface area contributed by atoms with Gasteiger partial charge in [-0.25, -0.2) is 4.79 Å². The number of para-hydroxylation sites is 2. The summed E-state index contributed by atoms with van der Waals surface area (Å²) in [6.07, 6.45) is -0.418. The van der Waals surface area contributed by atoms with Gasteiger partial charge in [0.25, 0.3) is 0 Å². The lowest BCUT2D eigenvalue weighted by atomic mass is 10.0. The summed E-state index contributed by atoms with van der Waals surface area (Å²) in [4.78, 5) is 11.8. The number of carbonyl (C=O) groups is 1. The molecule has 0 aromatic heterocycles. The molecule has 0 heterocycles. The summed E-state index contributed by atoms with van der Waals surface area (Å²) in [6, 6.07) is 25.7. The van der Waals surface area contributed by atoms with Crippen LogP contribution in [0.4, 0.5) is 4.79 Å². The van der Waals surface area contributed by atoms with Gasteiger partial charge in [0, 0.05) is 12.1 Å². The highest BCUT2D eigenvalue weighted by Gasteiger charge is 2.15. The third kappa shape index (κ3) is 5.61. The summed E-state index contributed by atoms with van der Waals surface area (Å²) in [5, 5.41) is 2.77. The van der Waals surface area contributed by atoms with E-state index < -0.39 is 11.7 Å². The minimum atomic E-state index is -0.504. The van der Waals surface area contributed by atoms with E-state index in [2.05, 4.69) is 5.32 Å². The highest BCUT2D eigenvalue weighted by atomic mass is 16.6. The Kier molecular flexibility index (Phi) is 5.99. The standard InChI is InChI=1S/C24H25NO3/c1-24(2,3)28-23(26)25-17-18-13-15-19(16-14-18)21-11-7-8-12-22(21)27-20-9-5-4-6-10-20/h4-16H,17H2,1-3H3,(H,25,26). The lowest BCUT2D eigenvalue weighted by molar-refractivity contribution is 0.0523. The molecule has 0 aliphatic heterocycles. The topological polar surface area (TPSA) is 47.6 Å². The molecule has 3 aromatic carbocycles. The van der Waals surface area contributed by atoms with Crippen LogP contribution in [0.2, 0.25) is 0 Å². The second-order valence-corrected chi connectivity index (χ2v) is 7.46. The number of benzene rings is 3. The van der Waals surface area contributed by atoms with Crippen LogP contribution < -0.4 is 10.1 Å². The van der Waals surface area contributed by atoms with Crippen LogP contribution >= 0.6 is 0 Å². The van der Waals surface area contributed by atoms with Crippen molar-refractivity contribution in [3.8, 4) is 22.6 Å². The third-order valence-electron chi connectivity index (χ3n) is 3.96. The van der Waals surface area contributed by atoms with Gasteiger partial charge in [0.05, 0.1) is 0 Å². The Balaban J connectivity index is 1.69. The largest absolute Gasteiger partial charge is 0.457 e. The van der Waals surface area contributed by atoms with E-state index in [0.29, 0.717) is 6.54 Å². The fourth-order valence-corrected chi connectivity index (χ4v) is 2.70. The van der Waals surface area contributed by atoms with Crippen molar-refractivity contribution in [2.75, 3.05) is 0 Å². The molecule has 1 N–H and O–H groups in total. The van der Waals surface area contributed by atoms with Gasteiger partial charge in [0.1, 0.15) is 17.1 Å². The molecule has 3 rings (SSSR count). The smallest absolute Gasteiger partial charge is 0.407 e. The van der Waals surface area contributed by atoms with Crippen molar-refractivity contribution < 1.29 is 14.3 Å². The minimum absolute atomic E-state index is 0.414. The van der Waals surface area contributed by atoms with Crippen LogP contribution in [0.5, 0.6) is 11.5 Å². The highest BCUT2D eigenvalue weighted by Crippen LogP contribution is 2.33. The van der Waals surface area contributed by atoms with Crippen molar-refractivity contribution in [1.29, 1.82) is 0 Å². The van der Waals surface area contributed by atoms with E-state index in [-0.39, 0.29) is 0 Å². The van der Waals surface area contributed by atoms with Gasteiger partial charge in [-0.15, -0.1) is 0 Å². The first-order valence-electron chi connectivity index (χ1n) is 9.29. The predicted octanol–water partition coefficient (Wildman–Crippen LogP) is 6.17. The monoisotopic (exact) mass is 375 g/mol. The Hall–Kier alpha value is -3.27. The maximum atomic E-state index is 11.8. The molecule has 144 valence electrons. The van der Waals surface area contributed by atoms with Gasteiger partial charge in [-0.05, 0) is 50.1 Å². The zero-order valence-electron chi connectivity index (χ0n) is 16.4. The van der Waals surface area contributed by atoms with Crippen molar-refractivity contribution in [3.05, 3.63) is 84.4 Å². The van der Waals surface area contributed by atoms with Gasteiger partial charge in [-0.3, -0.25) is 0 Å². The number of rotatable bonds is 5. The summed E-state index contributed by atoms with van der Waals surface area (Å²) in [5.41, 5.74) is 2.55. The van der Waals surface area contributed by atoms with Crippen molar-refractivity contribution in [3.63, 3.8) is 0 Å². The fourth-order valence-electron chi connectivity index (χ4n) is 2.70. The maximum Gasteiger partial charge on any atom is 0.407 e. The second-order valence-electron chi connectivity index (χ2n) is 7.46. The summed E-state index contributed by atoms with van der Waals surface area (Å²) >= 11 is 0. The van der Waals surface area contributed by atoms with E-state index in [1.807, 2.05) is 99.6 Å². The highest BCUT2D eigenvalue weighted by molar-refractivity contribution is 5.71. The Morgan fingerprint density at radius 3 is 2.18 bits per heavy atom. The SMILES string of the molecule is CC(C)(C)OC(=O)NCc1ccc(-c2ccccc2Oc2ccccc2)cc1. The van der Waals surface area contributed by atoms with E-state index in [1.54, 1.807) is 0 Å². The van der Waals surface area contributed by atoms with Crippen LogP contribution in [0.15, 0.2) is 78.9 Å². The van der Waals surface area contributed by atoms with Crippen molar-refractivity contribution >= 4 is 6.09 Å². The molecule has 4 heteroatoms. The summed E-state index contributed by atoms with van der Waals surface area (Å²) in [6.45, 7) is 5.94. The number of ether oxygens (including phenoxy) is 2. The summed E-state index contributed by atoms with van der Waals surface area (Å²) in [7, 11) is 0. The average molecular weight is 375 g/mol. The molecule has 0 aliphatic rings. The molecule has 0 spiro atoms. The van der Waals surface area contributed by atoms with E-state index in [4.69, 9.17) is 9.47 Å². The van der Waals surface area contributed by atoms with Gasteiger partial charge in [-0.1, -0.05) is 60.7 Å². The van der Waals surface area contributed by atoms with Crippen LogP contribution in [0.25, 0.3) is 11.1 Å². The quantitative estimate of drug-likeness (QED) is 0.580. The van der Waals surface area contributed by atoms with Crippen molar-refractivity contribution in [2.45, 2.75) is 32.9 Å². The Morgan fingerprint density at radius 2 is 1.50 bits per heavy atom. The second kappa shape index (κ2) is 8.61. The molecule has 0 radical (unpaired) electrons. The first-order valence-corrected chi connectivity index (χ1v) is 9.29. The third-order valence-corrected chi connectivity index (χ3v) is 3.96. The van der Waals surface area contributed by atoms with E-state index in [1.165, 1.54) is 0 Å². The molecule has 0 saturated carbocycles. The van der Waals surface area contributed by atoms with Crippen LogP contribution in [0.3, 0.4) is 0 Å². The van der Waals surface area contributed by atoms with Crippen LogP contribution in [0.1, 0.15) is 26.3 Å². The molecule has 3 aromatic rings. The number of hydrogen-bond donors (Lipinski definition) is 1. The van der Waals surface area contributed by atoms with E-state index in [9.17, 15) is 4.79 Å². The molecule has 0 saturated heterocycles. The minimum Gasteiger partial charge on any atom is -0.457 e. The summed E-state index contributed by atoms with van der Waals surface area (Å²) in [5.74, 6) is 1.60. The normalized spacial score (nSPS) is 11.0. The Morgan fingerprint density at radius 1 is 0.857 bits per heavy atom.